The summed E-state index contributed by atoms with van der Waals surface area (Å²) in [6, 6.07) is 12.5. The quantitative estimate of drug-likeness (QED) is 0.631. The largest absolute Gasteiger partial charge is 0.322 e. The Bertz CT molecular complexity index is 1000. The molecule has 1 saturated heterocycles. The summed E-state index contributed by atoms with van der Waals surface area (Å²) in [6.07, 6.45) is 4.60. The number of anilines is 2. The van der Waals surface area contributed by atoms with Crippen molar-refractivity contribution in [1.29, 1.82) is 0 Å². The molecule has 0 unspecified atom stereocenters. The second kappa shape index (κ2) is 7.32. The average molecular weight is 388 g/mol. The predicted molar refractivity (Wildman–Crippen MR) is 113 cm³/mol. The van der Waals surface area contributed by atoms with E-state index in [-0.39, 0.29) is 35.5 Å². The molecule has 2 aromatic rings. The number of carbonyl (C=O) groups excluding carboxylic acids is 3. The van der Waals surface area contributed by atoms with E-state index in [2.05, 4.69) is 5.32 Å². The Morgan fingerprint density at radius 1 is 1.00 bits per heavy atom. The van der Waals surface area contributed by atoms with Crippen molar-refractivity contribution in [3.05, 3.63) is 71.3 Å². The van der Waals surface area contributed by atoms with E-state index in [1.807, 2.05) is 51.1 Å². The molecular formula is C24H24N2O3. The maximum atomic E-state index is 12.9. The van der Waals surface area contributed by atoms with Gasteiger partial charge in [-0.15, -0.1) is 0 Å². The van der Waals surface area contributed by atoms with E-state index < -0.39 is 0 Å². The minimum Gasteiger partial charge on any atom is -0.322 e. The van der Waals surface area contributed by atoms with Crippen LogP contribution < -0.4 is 10.2 Å². The first-order chi connectivity index (χ1) is 13.8. The topological polar surface area (TPSA) is 66.5 Å². The average Bonchev–Trinajstić information content (AvgIpc) is 2.92. The van der Waals surface area contributed by atoms with Crippen molar-refractivity contribution in [2.24, 2.45) is 17.8 Å². The third kappa shape index (κ3) is 3.48. The van der Waals surface area contributed by atoms with Gasteiger partial charge in [-0.05, 0) is 73.7 Å². The van der Waals surface area contributed by atoms with Crippen LogP contribution >= 0.6 is 0 Å². The molecule has 1 aliphatic heterocycles. The highest BCUT2D eigenvalue weighted by molar-refractivity contribution is 6.22. The molecule has 1 heterocycles. The fraction of sp³-hybridized carbons (Fsp3) is 0.292. The molecule has 5 nitrogen and oxygen atoms in total. The van der Waals surface area contributed by atoms with E-state index in [1.54, 1.807) is 24.3 Å². The van der Waals surface area contributed by atoms with Crippen LogP contribution in [-0.4, -0.2) is 17.7 Å². The lowest BCUT2D eigenvalue weighted by Crippen LogP contribution is -2.31. The summed E-state index contributed by atoms with van der Waals surface area (Å²) in [4.78, 5) is 39.5. The van der Waals surface area contributed by atoms with E-state index in [1.165, 1.54) is 4.90 Å². The van der Waals surface area contributed by atoms with Crippen LogP contribution in [0.1, 0.15) is 34.8 Å². The number of nitrogens with one attached hydrogen (secondary N) is 1. The van der Waals surface area contributed by atoms with Gasteiger partial charge in [-0.2, -0.15) is 0 Å². The number of benzene rings is 2. The molecule has 1 N–H and O–H groups in total. The Morgan fingerprint density at radius 2 is 1.66 bits per heavy atom. The summed E-state index contributed by atoms with van der Waals surface area (Å²) in [5, 5.41) is 2.90. The molecule has 4 rings (SSSR count). The molecule has 0 radical (unpaired) electrons. The van der Waals surface area contributed by atoms with E-state index in [0.29, 0.717) is 17.7 Å². The van der Waals surface area contributed by atoms with Gasteiger partial charge in [0.2, 0.25) is 11.8 Å². The monoisotopic (exact) mass is 388 g/mol. The van der Waals surface area contributed by atoms with E-state index >= 15 is 0 Å². The van der Waals surface area contributed by atoms with Crippen LogP contribution in [0.15, 0.2) is 54.6 Å². The molecule has 3 amide bonds. The Hall–Kier alpha value is -3.21. The number of aryl methyl sites for hydroxylation is 2. The molecule has 1 fully saturated rings. The van der Waals surface area contributed by atoms with Gasteiger partial charge in [0.1, 0.15) is 0 Å². The zero-order valence-corrected chi connectivity index (χ0v) is 16.8. The van der Waals surface area contributed by atoms with Gasteiger partial charge in [0.25, 0.3) is 5.91 Å². The fourth-order valence-corrected chi connectivity index (χ4v) is 4.41. The fourth-order valence-electron chi connectivity index (χ4n) is 4.41. The standard InChI is InChI=1S/C24H24N2O3/c1-14-11-15(2)13-18(12-14)25-22(27)17-7-9-19(10-8-17)26-23(28)20-6-4-5-16(3)21(20)24(26)29/h4-5,7-13,16,20-21H,6H2,1-3H3,(H,25,27)/t16-,20-,21+/m1/s1. The molecule has 0 bridgehead atoms. The normalized spacial score (nSPS) is 23.3. The zero-order chi connectivity index (χ0) is 20.7. The number of hydrogen-bond acceptors (Lipinski definition) is 3. The first kappa shape index (κ1) is 19.1. The van der Waals surface area contributed by atoms with E-state index in [0.717, 1.165) is 16.8 Å². The van der Waals surface area contributed by atoms with Crippen LogP contribution in [0.2, 0.25) is 0 Å². The van der Waals surface area contributed by atoms with Gasteiger partial charge >= 0.3 is 0 Å². The maximum Gasteiger partial charge on any atom is 0.255 e. The first-order valence-corrected chi connectivity index (χ1v) is 9.89. The van der Waals surface area contributed by atoms with Crippen molar-refractivity contribution >= 4 is 29.1 Å². The molecule has 29 heavy (non-hydrogen) atoms. The summed E-state index contributed by atoms with van der Waals surface area (Å²) < 4.78 is 0. The summed E-state index contributed by atoms with van der Waals surface area (Å²) in [5.74, 6) is -1.05. The summed E-state index contributed by atoms with van der Waals surface area (Å²) in [5.41, 5.74) is 3.88. The Labute approximate surface area is 170 Å². The van der Waals surface area contributed by atoms with Gasteiger partial charge in [-0.1, -0.05) is 25.1 Å². The number of fused-ring (bicyclic) bond motifs is 1. The van der Waals surface area contributed by atoms with Crippen LogP contribution in [0.25, 0.3) is 0 Å². The number of amides is 3. The van der Waals surface area contributed by atoms with Crippen molar-refractivity contribution in [2.75, 3.05) is 10.2 Å². The number of nitrogens with zero attached hydrogens (tertiary/aromatic N) is 1. The number of allylic oxidation sites excluding steroid dienone is 2. The summed E-state index contributed by atoms with van der Waals surface area (Å²) in [6.45, 7) is 5.94. The Morgan fingerprint density at radius 3 is 2.28 bits per heavy atom. The zero-order valence-electron chi connectivity index (χ0n) is 16.8. The summed E-state index contributed by atoms with van der Waals surface area (Å²) >= 11 is 0. The van der Waals surface area contributed by atoms with Crippen molar-refractivity contribution in [2.45, 2.75) is 27.2 Å². The highest BCUT2D eigenvalue weighted by Gasteiger charge is 2.50. The van der Waals surface area contributed by atoms with Crippen molar-refractivity contribution in [3.63, 3.8) is 0 Å². The molecule has 1 aliphatic carbocycles. The number of hydrogen-bond donors (Lipinski definition) is 1. The van der Waals surface area contributed by atoms with Crippen molar-refractivity contribution in [1.82, 2.24) is 0 Å². The highest BCUT2D eigenvalue weighted by atomic mass is 16.2. The third-order valence-electron chi connectivity index (χ3n) is 5.74. The molecule has 0 spiro atoms. The van der Waals surface area contributed by atoms with Crippen LogP contribution in [0.3, 0.4) is 0 Å². The maximum absolute atomic E-state index is 12.9. The smallest absolute Gasteiger partial charge is 0.255 e. The third-order valence-corrected chi connectivity index (χ3v) is 5.74. The van der Waals surface area contributed by atoms with Gasteiger partial charge in [-0.25, -0.2) is 0 Å². The lowest BCUT2D eigenvalue weighted by Gasteiger charge is -2.22. The van der Waals surface area contributed by atoms with Crippen LogP contribution in [0.4, 0.5) is 11.4 Å². The SMILES string of the molecule is Cc1cc(C)cc(NC(=O)c2ccc(N3C(=O)[C@H]4[C@H](C)C=CC[C@H]4C3=O)cc2)c1. The van der Waals surface area contributed by atoms with Crippen molar-refractivity contribution < 1.29 is 14.4 Å². The molecule has 2 aliphatic rings. The van der Waals surface area contributed by atoms with Crippen LogP contribution in [0, 0.1) is 31.6 Å². The van der Waals surface area contributed by atoms with Gasteiger partial charge in [0.05, 0.1) is 17.5 Å². The second-order valence-corrected chi connectivity index (χ2v) is 8.04. The van der Waals surface area contributed by atoms with E-state index in [4.69, 9.17) is 0 Å². The highest BCUT2D eigenvalue weighted by Crippen LogP contribution is 2.40. The van der Waals surface area contributed by atoms with Crippen LogP contribution in [-0.2, 0) is 9.59 Å². The molecule has 5 heteroatoms. The Balaban J connectivity index is 1.53. The summed E-state index contributed by atoms with van der Waals surface area (Å²) in [7, 11) is 0. The molecule has 0 saturated carbocycles. The number of imide groups is 1. The molecule has 3 atom stereocenters. The van der Waals surface area contributed by atoms with Gasteiger partial charge in [0, 0.05) is 11.3 Å². The minimum absolute atomic E-state index is 0.0537. The lowest BCUT2D eigenvalue weighted by atomic mass is 9.78. The van der Waals surface area contributed by atoms with Crippen molar-refractivity contribution in [3.8, 4) is 0 Å². The second-order valence-electron chi connectivity index (χ2n) is 8.04. The number of rotatable bonds is 3. The van der Waals surface area contributed by atoms with Gasteiger partial charge < -0.3 is 5.32 Å². The molecule has 0 aromatic heterocycles. The van der Waals surface area contributed by atoms with Crippen LogP contribution in [0.5, 0.6) is 0 Å². The Kier molecular flexibility index (Phi) is 4.82. The van der Waals surface area contributed by atoms with Gasteiger partial charge in [-0.3, -0.25) is 19.3 Å². The lowest BCUT2D eigenvalue weighted by molar-refractivity contribution is -0.122. The first-order valence-electron chi connectivity index (χ1n) is 9.89. The number of carbonyl (C=O) groups is 3. The molecular weight excluding hydrogens is 364 g/mol. The molecule has 2 aromatic carbocycles. The predicted octanol–water partition coefficient (Wildman–Crippen LogP) is 4.26. The molecule has 148 valence electrons. The minimum atomic E-state index is -0.292. The van der Waals surface area contributed by atoms with Gasteiger partial charge in [0.15, 0.2) is 0 Å². The van der Waals surface area contributed by atoms with E-state index in [9.17, 15) is 14.4 Å².